The smallest absolute Gasteiger partial charge is 0.0565 e. The molecule has 0 radical (unpaired) electrons. The lowest BCUT2D eigenvalue weighted by molar-refractivity contribution is 0.268. The van der Waals surface area contributed by atoms with Crippen molar-refractivity contribution in [3.8, 4) is 0 Å². The van der Waals surface area contributed by atoms with Crippen molar-refractivity contribution in [2.24, 2.45) is 5.84 Å². The van der Waals surface area contributed by atoms with Gasteiger partial charge >= 0.3 is 0 Å². The van der Waals surface area contributed by atoms with Gasteiger partial charge in [0.05, 0.1) is 11.4 Å². The Kier molecular flexibility index (Phi) is 4.83. The molecule has 2 aromatic rings. The van der Waals surface area contributed by atoms with Crippen molar-refractivity contribution >= 4 is 5.69 Å². The third-order valence-corrected chi connectivity index (χ3v) is 2.97. The first-order chi connectivity index (χ1) is 9.31. The highest BCUT2D eigenvalue weighted by Crippen LogP contribution is 2.11. The van der Waals surface area contributed by atoms with E-state index in [1.54, 1.807) is 6.20 Å². The number of pyridine rings is 2. The number of hydrogen-bond acceptors (Lipinski definition) is 5. The second-order valence-electron chi connectivity index (χ2n) is 4.34. The van der Waals surface area contributed by atoms with Gasteiger partial charge in [0.15, 0.2) is 0 Å². The van der Waals surface area contributed by atoms with E-state index in [1.807, 2.05) is 36.7 Å². The molecule has 0 aromatic carbocycles. The third-order valence-electron chi connectivity index (χ3n) is 2.97. The fourth-order valence-electron chi connectivity index (χ4n) is 1.91. The van der Waals surface area contributed by atoms with Gasteiger partial charge in [-0.2, -0.15) is 0 Å². The van der Waals surface area contributed by atoms with Gasteiger partial charge in [-0.05, 0) is 36.4 Å². The summed E-state index contributed by atoms with van der Waals surface area (Å²) in [4.78, 5) is 10.7. The first kappa shape index (κ1) is 13.5. The van der Waals surface area contributed by atoms with E-state index in [4.69, 9.17) is 5.84 Å². The minimum absolute atomic E-state index is 0.800. The minimum atomic E-state index is 0.800. The molecule has 0 aliphatic carbocycles. The number of hydrazine groups is 1. The molecule has 0 aliphatic rings. The van der Waals surface area contributed by atoms with E-state index in [-0.39, 0.29) is 0 Å². The van der Waals surface area contributed by atoms with E-state index in [9.17, 15) is 0 Å². The van der Waals surface area contributed by atoms with Crippen LogP contribution >= 0.6 is 0 Å². The van der Waals surface area contributed by atoms with Crippen LogP contribution in [0.2, 0.25) is 0 Å². The van der Waals surface area contributed by atoms with E-state index < -0.39 is 0 Å². The van der Waals surface area contributed by atoms with Crippen molar-refractivity contribution < 1.29 is 0 Å². The predicted octanol–water partition coefficient (Wildman–Crippen LogP) is 1.78. The average Bonchev–Trinajstić information content (AvgIpc) is 2.48. The van der Waals surface area contributed by atoms with Crippen LogP contribution in [0.25, 0.3) is 0 Å². The largest absolute Gasteiger partial charge is 0.324 e. The van der Waals surface area contributed by atoms with Crippen LogP contribution in [0.15, 0.2) is 42.9 Å². The van der Waals surface area contributed by atoms with Gasteiger partial charge in [-0.3, -0.25) is 20.7 Å². The molecule has 0 unspecified atom stereocenters. The van der Waals surface area contributed by atoms with Gasteiger partial charge in [-0.1, -0.05) is 6.92 Å². The molecule has 5 heteroatoms. The Bertz CT molecular complexity index is 500. The van der Waals surface area contributed by atoms with Crippen molar-refractivity contribution in [3.05, 3.63) is 54.1 Å². The lowest BCUT2D eigenvalue weighted by Crippen LogP contribution is -2.23. The summed E-state index contributed by atoms with van der Waals surface area (Å²) in [6.45, 7) is 4.80. The normalized spacial score (nSPS) is 10.7. The summed E-state index contributed by atoms with van der Waals surface area (Å²) in [6.07, 6.45) is 5.41. The highest BCUT2D eigenvalue weighted by atomic mass is 15.2. The molecule has 100 valence electrons. The van der Waals surface area contributed by atoms with Gasteiger partial charge < -0.3 is 5.43 Å². The first-order valence-electron chi connectivity index (χ1n) is 6.34. The molecule has 0 spiro atoms. The van der Waals surface area contributed by atoms with E-state index in [0.29, 0.717) is 0 Å². The van der Waals surface area contributed by atoms with Crippen LogP contribution in [0.1, 0.15) is 18.2 Å². The van der Waals surface area contributed by atoms with E-state index in [0.717, 1.165) is 31.0 Å². The molecule has 0 aliphatic heterocycles. The zero-order valence-corrected chi connectivity index (χ0v) is 11.1. The van der Waals surface area contributed by atoms with Gasteiger partial charge in [-0.25, -0.2) is 0 Å². The van der Waals surface area contributed by atoms with E-state index >= 15 is 0 Å². The molecule has 2 aromatic heterocycles. The number of nitrogens with two attached hydrogens (primary N) is 1. The molecule has 19 heavy (non-hydrogen) atoms. The van der Waals surface area contributed by atoms with Crippen molar-refractivity contribution in [2.75, 3.05) is 12.0 Å². The fourth-order valence-corrected chi connectivity index (χ4v) is 1.91. The SMILES string of the molecule is CCN(Cc1ccncc1)Cc1cc(NN)ccn1. The van der Waals surface area contributed by atoms with Crippen LogP contribution in [-0.2, 0) is 13.1 Å². The Labute approximate surface area is 113 Å². The topological polar surface area (TPSA) is 67.1 Å². The predicted molar refractivity (Wildman–Crippen MR) is 76.1 cm³/mol. The first-order valence-corrected chi connectivity index (χ1v) is 6.34. The third kappa shape index (κ3) is 4.01. The molecule has 5 nitrogen and oxygen atoms in total. The number of aromatic nitrogens is 2. The molecule has 3 N–H and O–H groups in total. The van der Waals surface area contributed by atoms with Gasteiger partial charge in [0, 0.05) is 31.7 Å². The van der Waals surface area contributed by atoms with E-state index in [1.165, 1.54) is 5.56 Å². The van der Waals surface area contributed by atoms with Crippen LogP contribution < -0.4 is 11.3 Å². The average molecular weight is 257 g/mol. The maximum Gasteiger partial charge on any atom is 0.0565 e. The Balaban J connectivity index is 2.02. The molecule has 0 saturated carbocycles. The number of nitrogens with zero attached hydrogens (tertiary/aromatic N) is 3. The number of rotatable bonds is 6. The molecular weight excluding hydrogens is 238 g/mol. The zero-order valence-electron chi connectivity index (χ0n) is 11.1. The lowest BCUT2D eigenvalue weighted by Gasteiger charge is -2.20. The quantitative estimate of drug-likeness (QED) is 0.610. The van der Waals surface area contributed by atoms with Crippen molar-refractivity contribution in [1.29, 1.82) is 0 Å². The summed E-state index contributed by atoms with van der Waals surface area (Å²) in [5.41, 5.74) is 5.78. The summed E-state index contributed by atoms with van der Waals surface area (Å²) in [7, 11) is 0. The van der Waals surface area contributed by atoms with Gasteiger partial charge in [-0.15, -0.1) is 0 Å². The van der Waals surface area contributed by atoms with Gasteiger partial charge in [0.2, 0.25) is 0 Å². The van der Waals surface area contributed by atoms with Crippen molar-refractivity contribution in [3.63, 3.8) is 0 Å². The fraction of sp³-hybridized carbons (Fsp3) is 0.286. The van der Waals surface area contributed by atoms with Gasteiger partial charge in [0.25, 0.3) is 0 Å². The minimum Gasteiger partial charge on any atom is -0.324 e. The number of nitrogens with one attached hydrogen (secondary N) is 1. The molecule has 2 heterocycles. The Hall–Kier alpha value is -1.98. The monoisotopic (exact) mass is 257 g/mol. The molecule has 0 bridgehead atoms. The maximum absolute atomic E-state index is 5.41. The maximum atomic E-state index is 5.41. The summed E-state index contributed by atoms with van der Waals surface area (Å²) in [6, 6.07) is 7.89. The van der Waals surface area contributed by atoms with Crippen LogP contribution in [0, 0.1) is 0 Å². The molecule has 0 fully saturated rings. The zero-order chi connectivity index (χ0) is 13.5. The number of nitrogen functional groups attached to an aromatic ring is 1. The highest BCUT2D eigenvalue weighted by Gasteiger charge is 2.06. The Morgan fingerprint density at radius 2 is 1.95 bits per heavy atom. The Morgan fingerprint density at radius 1 is 1.16 bits per heavy atom. The van der Waals surface area contributed by atoms with Crippen LogP contribution in [0.5, 0.6) is 0 Å². The molecular formula is C14H19N5. The standard InChI is InChI=1S/C14H19N5/c1-2-19(10-12-3-6-16-7-4-12)11-14-9-13(18-15)5-8-17-14/h3-9H,2,10-11,15H2,1H3,(H,17,18). The summed E-state index contributed by atoms with van der Waals surface area (Å²) in [5, 5.41) is 0. The van der Waals surface area contributed by atoms with Crippen LogP contribution in [0.3, 0.4) is 0 Å². The molecule has 2 rings (SSSR count). The van der Waals surface area contributed by atoms with Gasteiger partial charge in [0.1, 0.15) is 0 Å². The van der Waals surface area contributed by atoms with Crippen LogP contribution in [0.4, 0.5) is 5.69 Å². The summed E-state index contributed by atoms with van der Waals surface area (Å²) in [5.74, 6) is 5.41. The van der Waals surface area contributed by atoms with Crippen LogP contribution in [-0.4, -0.2) is 21.4 Å². The number of hydrogen-bond donors (Lipinski definition) is 2. The Morgan fingerprint density at radius 3 is 2.63 bits per heavy atom. The molecule has 0 atom stereocenters. The van der Waals surface area contributed by atoms with E-state index in [2.05, 4.69) is 27.2 Å². The molecule has 0 amide bonds. The second-order valence-corrected chi connectivity index (χ2v) is 4.34. The van der Waals surface area contributed by atoms with Crippen molar-refractivity contribution in [1.82, 2.24) is 14.9 Å². The second kappa shape index (κ2) is 6.82. The summed E-state index contributed by atoms with van der Waals surface area (Å²) < 4.78 is 0. The van der Waals surface area contributed by atoms with Crippen molar-refractivity contribution in [2.45, 2.75) is 20.0 Å². The highest BCUT2D eigenvalue weighted by molar-refractivity contribution is 5.41. The lowest BCUT2D eigenvalue weighted by atomic mass is 10.2. The summed E-state index contributed by atoms with van der Waals surface area (Å²) >= 11 is 0. The number of anilines is 1. The molecule has 0 saturated heterocycles.